The first kappa shape index (κ1) is 22.2. The lowest BCUT2D eigenvalue weighted by atomic mass is 9.73. The van der Waals surface area contributed by atoms with Gasteiger partial charge in [0.1, 0.15) is 0 Å². The molecule has 2 aromatic carbocycles. The minimum Gasteiger partial charge on any atom is -0.324 e. The number of para-hydroxylation sites is 2. The van der Waals surface area contributed by atoms with Crippen molar-refractivity contribution in [2.75, 3.05) is 10.6 Å². The normalized spacial score (nSPS) is 18.2. The maximum Gasteiger partial charge on any atom is 0.288 e. The highest BCUT2D eigenvalue weighted by Gasteiger charge is 2.36. The van der Waals surface area contributed by atoms with Gasteiger partial charge in [0.25, 0.3) is 5.24 Å². The van der Waals surface area contributed by atoms with Gasteiger partial charge >= 0.3 is 0 Å². The molecule has 1 atom stereocenters. The van der Waals surface area contributed by atoms with Gasteiger partial charge in [-0.15, -0.1) is 0 Å². The van der Waals surface area contributed by atoms with Gasteiger partial charge in [-0.25, -0.2) is 0 Å². The number of rotatable bonds is 7. The van der Waals surface area contributed by atoms with Crippen LogP contribution < -0.4 is 10.6 Å². The number of thioether (sulfide) groups is 1. The summed E-state index contributed by atoms with van der Waals surface area (Å²) in [5.41, 5.74) is 0.960. The van der Waals surface area contributed by atoms with Gasteiger partial charge in [-0.2, -0.15) is 0 Å². The topological polar surface area (TPSA) is 58.2 Å². The molecule has 1 aliphatic rings. The molecule has 0 radical (unpaired) electrons. The third kappa shape index (κ3) is 5.99. The Hall–Kier alpha value is -2.53. The van der Waals surface area contributed by atoms with Crippen LogP contribution in [-0.2, 0) is 4.79 Å². The first-order valence-corrected chi connectivity index (χ1v) is 11.4. The number of hydrogen-bond donors (Lipinski definition) is 2. The molecule has 158 valence electrons. The minimum atomic E-state index is -0.466. The van der Waals surface area contributed by atoms with Gasteiger partial charge in [0.2, 0.25) is 5.91 Å². The lowest BCUT2D eigenvalue weighted by Crippen LogP contribution is -2.36. The third-order valence-corrected chi connectivity index (χ3v) is 6.27. The molecule has 0 aromatic heterocycles. The van der Waals surface area contributed by atoms with E-state index in [1.54, 1.807) is 0 Å². The highest BCUT2D eigenvalue weighted by atomic mass is 32.2. The van der Waals surface area contributed by atoms with Crippen molar-refractivity contribution in [2.45, 2.75) is 50.8 Å². The van der Waals surface area contributed by atoms with E-state index in [0.29, 0.717) is 11.6 Å². The van der Waals surface area contributed by atoms with Gasteiger partial charge in [0, 0.05) is 10.6 Å². The summed E-state index contributed by atoms with van der Waals surface area (Å²) in [4.78, 5) is 26.6. The van der Waals surface area contributed by atoms with Gasteiger partial charge in [0.15, 0.2) is 0 Å². The summed E-state index contributed by atoms with van der Waals surface area (Å²) < 4.78 is 0. The summed E-state index contributed by atoms with van der Waals surface area (Å²) >= 11 is 1.09. The molecule has 0 spiro atoms. The van der Waals surface area contributed by atoms with Crippen LogP contribution in [0.15, 0.2) is 71.6 Å². The van der Waals surface area contributed by atoms with Crippen molar-refractivity contribution < 1.29 is 9.59 Å². The number of carbonyl (C=O) groups is 2. The van der Waals surface area contributed by atoms with E-state index < -0.39 is 5.41 Å². The van der Waals surface area contributed by atoms with E-state index in [9.17, 15) is 9.59 Å². The van der Waals surface area contributed by atoms with Crippen molar-refractivity contribution in [3.05, 3.63) is 66.7 Å². The molecule has 3 rings (SSSR count). The van der Waals surface area contributed by atoms with E-state index >= 15 is 0 Å². The van der Waals surface area contributed by atoms with Gasteiger partial charge in [0.05, 0.1) is 11.1 Å². The van der Waals surface area contributed by atoms with Crippen LogP contribution in [0.25, 0.3) is 0 Å². The van der Waals surface area contributed by atoms with Crippen molar-refractivity contribution in [1.29, 1.82) is 0 Å². The molecule has 2 N–H and O–H groups in total. The van der Waals surface area contributed by atoms with Gasteiger partial charge in [-0.3, -0.25) is 9.59 Å². The van der Waals surface area contributed by atoms with Gasteiger partial charge < -0.3 is 10.6 Å². The monoisotopic (exact) mass is 422 g/mol. The molecule has 0 saturated heterocycles. The van der Waals surface area contributed by atoms with Crippen molar-refractivity contribution >= 4 is 34.3 Å². The maximum atomic E-state index is 13.4. The summed E-state index contributed by atoms with van der Waals surface area (Å²) in [5, 5.41) is 5.81. The second kappa shape index (κ2) is 10.5. The zero-order chi connectivity index (χ0) is 21.4. The predicted molar refractivity (Wildman–Crippen MR) is 126 cm³/mol. The van der Waals surface area contributed by atoms with E-state index in [4.69, 9.17) is 0 Å². The Morgan fingerprint density at radius 1 is 1.03 bits per heavy atom. The Morgan fingerprint density at radius 3 is 2.47 bits per heavy atom. The smallest absolute Gasteiger partial charge is 0.288 e. The highest BCUT2D eigenvalue weighted by Crippen LogP contribution is 2.39. The molecule has 4 nitrogen and oxygen atoms in total. The fourth-order valence-electron chi connectivity index (χ4n) is 3.66. The molecule has 0 heterocycles. The average Bonchev–Trinajstić information content (AvgIpc) is 2.75. The maximum absolute atomic E-state index is 13.4. The molecular weight excluding hydrogens is 392 g/mol. The molecule has 1 aliphatic carbocycles. The second-order valence-corrected chi connectivity index (χ2v) is 9.23. The van der Waals surface area contributed by atoms with Crippen molar-refractivity contribution in [3.8, 4) is 0 Å². The SMILES string of the molecule is CC(C)CCC1(C(=O)Nc2ccccc2SC(=O)Nc2ccccc2)C=CCCC1. The molecule has 1 unspecified atom stereocenters. The molecule has 30 heavy (non-hydrogen) atoms. The van der Waals surface area contributed by atoms with Crippen molar-refractivity contribution in [3.63, 3.8) is 0 Å². The average molecular weight is 423 g/mol. The number of nitrogens with one attached hydrogen (secondary N) is 2. The van der Waals surface area contributed by atoms with Crippen LogP contribution in [0, 0.1) is 11.3 Å². The highest BCUT2D eigenvalue weighted by molar-refractivity contribution is 8.14. The molecule has 0 fully saturated rings. The zero-order valence-corrected chi connectivity index (χ0v) is 18.5. The summed E-state index contributed by atoms with van der Waals surface area (Å²) in [5.74, 6) is 0.574. The Labute approximate surface area is 183 Å². The molecular formula is C25H30N2O2S. The van der Waals surface area contributed by atoms with Gasteiger partial charge in [-0.1, -0.05) is 56.3 Å². The van der Waals surface area contributed by atoms with E-state index in [1.807, 2.05) is 54.6 Å². The quantitative estimate of drug-likeness (QED) is 0.369. The Balaban J connectivity index is 1.73. The molecule has 2 amide bonds. The lowest BCUT2D eigenvalue weighted by Gasteiger charge is -2.33. The Morgan fingerprint density at radius 2 is 1.77 bits per heavy atom. The second-order valence-electron chi connectivity index (χ2n) is 8.21. The predicted octanol–water partition coefficient (Wildman–Crippen LogP) is 7.11. The summed E-state index contributed by atoms with van der Waals surface area (Å²) in [6.07, 6.45) is 9.01. The van der Waals surface area contributed by atoms with Crippen LogP contribution in [0.4, 0.5) is 16.2 Å². The van der Waals surface area contributed by atoms with Crippen LogP contribution >= 0.6 is 11.8 Å². The largest absolute Gasteiger partial charge is 0.324 e. The molecule has 0 bridgehead atoms. The number of amides is 2. The van der Waals surface area contributed by atoms with Crippen molar-refractivity contribution in [1.82, 2.24) is 0 Å². The zero-order valence-electron chi connectivity index (χ0n) is 17.7. The third-order valence-electron chi connectivity index (χ3n) is 5.41. The molecule has 2 aromatic rings. The number of hydrogen-bond acceptors (Lipinski definition) is 3. The van der Waals surface area contributed by atoms with Crippen LogP contribution in [-0.4, -0.2) is 11.1 Å². The standard InChI is InChI=1S/C25H30N2O2S/c1-19(2)15-18-25(16-9-4-10-17-25)23(28)27-21-13-7-8-14-22(21)30-24(29)26-20-11-5-3-6-12-20/h3,5-9,11-14,16,19H,4,10,15,17-18H2,1-2H3,(H,26,29)(H,27,28). The molecule has 5 heteroatoms. The summed E-state index contributed by atoms with van der Waals surface area (Å²) in [6, 6.07) is 16.8. The molecule has 0 saturated carbocycles. The Bertz CT molecular complexity index is 895. The number of allylic oxidation sites excluding steroid dienone is 1. The van der Waals surface area contributed by atoms with E-state index in [2.05, 4.69) is 36.6 Å². The van der Waals surface area contributed by atoms with Crippen LogP contribution in [0.3, 0.4) is 0 Å². The number of anilines is 2. The Kier molecular flexibility index (Phi) is 7.75. The first-order valence-electron chi connectivity index (χ1n) is 10.6. The van der Waals surface area contributed by atoms with Crippen LogP contribution in [0.5, 0.6) is 0 Å². The fourth-order valence-corrected chi connectivity index (χ4v) is 4.40. The van der Waals surface area contributed by atoms with E-state index in [1.165, 1.54) is 0 Å². The lowest BCUT2D eigenvalue weighted by molar-refractivity contribution is -0.124. The number of carbonyl (C=O) groups excluding carboxylic acids is 2. The first-order chi connectivity index (χ1) is 14.5. The van der Waals surface area contributed by atoms with Crippen LogP contribution in [0.2, 0.25) is 0 Å². The minimum absolute atomic E-state index is 0.0237. The summed E-state index contributed by atoms with van der Waals surface area (Å²) in [6.45, 7) is 4.38. The molecule has 0 aliphatic heterocycles. The summed E-state index contributed by atoms with van der Waals surface area (Å²) in [7, 11) is 0. The van der Waals surface area contributed by atoms with Gasteiger partial charge in [-0.05, 0) is 74.0 Å². The van der Waals surface area contributed by atoms with Crippen LogP contribution in [0.1, 0.15) is 46.0 Å². The van der Waals surface area contributed by atoms with E-state index in [-0.39, 0.29) is 11.1 Å². The van der Waals surface area contributed by atoms with E-state index in [0.717, 1.165) is 54.4 Å². The fraction of sp³-hybridized carbons (Fsp3) is 0.360. The number of benzene rings is 2. The van der Waals surface area contributed by atoms with Crippen molar-refractivity contribution in [2.24, 2.45) is 11.3 Å².